The molecule has 0 saturated carbocycles. The summed E-state index contributed by atoms with van der Waals surface area (Å²) in [6.45, 7) is 17.0. The van der Waals surface area contributed by atoms with Gasteiger partial charge in [-0.25, -0.2) is 12.1 Å². The van der Waals surface area contributed by atoms with E-state index in [0.29, 0.717) is 16.0 Å². The third-order valence-electron chi connectivity index (χ3n) is 4.74. The second-order valence-corrected chi connectivity index (χ2v) is 14.8. The summed E-state index contributed by atoms with van der Waals surface area (Å²) in [5.41, 5.74) is 2.20. The summed E-state index contributed by atoms with van der Waals surface area (Å²) in [5.74, 6) is 0. The van der Waals surface area contributed by atoms with Crippen molar-refractivity contribution < 1.29 is 17.1 Å². The zero-order valence-corrected chi connectivity index (χ0v) is 21.9. The Balaban J connectivity index is 0.000000610. The van der Waals surface area contributed by atoms with Gasteiger partial charge in [-0.1, -0.05) is 87.4 Å². The largest absolute Gasteiger partial charge is 0.748 e. The Labute approximate surface area is 192 Å². The van der Waals surface area contributed by atoms with Crippen LogP contribution in [0.5, 0.6) is 0 Å². The Hall–Kier alpha value is -0.701. The quantitative estimate of drug-likeness (QED) is 0.211. The molecule has 0 heterocycles. The Morgan fingerprint density at radius 1 is 0.793 bits per heavy atom. The average Bonchev–Trinajstić information content (AvgIpc) is 3.28. The third-order valence-corrected chi connectivity index (χ3v) is 10.0. The van der Waals surface area contributed by atoms with Gasteiger partial charge in [-0.2, -0.15) is 6.07 Å². The van der Waals surface area contributed by atoms with Crippen LogP contribution in [0.4, 0.5) is 0 Å². The van der Waals surface area contributed by atoms with Crippen molar-refractivity contribution >= 4 is 27.1 Å². The van der Waals surface area contributed by atoms with Crippen LogP contribution < -0.4 is 10.6 Å². The standard InChI is InChI=1S/C21H31P2.C5H5.Fe/c1-16(23(20(2,3)4)21(5,6)7)18-14-11-15-19(18)22-17-12-9-8-10-13-17;1-2-4-5-3-1;/h8-16,22H,1-7H3;1-5H;/q-1;-5;/t16-;;/m1../s1. The summed E-state index contributed by atoms with van der Waals surface area (Å²) in [5, 5.41) is 3.68. The summed E-state index contributed by atoms with van der Waals surface area (Å²) in [7, 11) is 0.622. The van der Waals surface area contributed by atoms with Crippen LogP contribution >= 0.6 is 16.5 Å². The van der Waals surface area contributed by atoms with Gasteiger partial charge in [0.2, 0.25) is 0 Å². The first-order chi connectivity index (χ1) is 13.1. The van der Waals surface area contributed by atoms with E-state index in [2.05, 4.69) is 97.0 Å². The fourth-order valence-electron chi connectivity index (χ4n) is 4.22. The van der Waals surface area contributed by atoms with Gasteiger partial charge in [0.15, 0.2) is 0 Å². The molecule has 0 aliphatic heterocycles. The molecule has 164 valence electrons. The fourth-order valence-corrected chi connectivity index (χ4v) is 10.5. The minimum Gasteiger partial charge on any atom is -0.748 e. The maximum Gasteiger partial charge on any atom is 0 e. The molecule has 3 aromatic carbocycles. The van der Waals surface area contributed by atoms with Gasteiger partial charge in [-0.15, -0.1) is 18.8 Å². The van der Waals surface area contributed by atoms with Crippen molar-refractivity contribution in [2.45, 2.75) is 64.4 Å². The van der Waals surface area contributed by atoms with Crippen LogP contribution in [-0.4, -0.2) is 10.3 Å². The van der Waals surface area contributed by atoms with E-state index < -0.39 is 0 Å². The molecule has 1 unspecified atom stereocenters. The monoisotopic (exact) mass is 466 g/mol. The molecule has 3 aromatic rings. The van der Waals surface area contributed by atoms with Crippen molar-refractivity contribution in [1.29, 1.82) is 0 Å². The van der Waals surface area contributed by atoms with Crippen molar-refractivity contribution in [2.24, 2.45) is 0 Å². The van der Waals surface area contributed by atoms with Crippen molar-refractivity contribution in [3.05, 3.63) is 84.4 Å². The molecule has 0 aromatic heterocycles. The summed E-state index contributed by atoms with van der Waals surface area (Å²) in [6, 6.07) is 27.8. The van der Waals surface area contributed by atoms with Crippen LogP contribution in [0.1, 0.15) is 59.7 Å². The Bertz CT molecular complexity index is 758. The van der Waals surface area contributed by atoms with E-state index >= 15 is 0 Å². The molecular weight excluding hydrogens is 430 g/mol. The first-order valence-electron chi connectivity index (χ1n) is 10.1. The second-order valence-electron chi connectivity index (χ2n) is 9.24. The summed E-state index contributed by atoms with van der Waals surface area (Å²) < 4.78 is 0. The predicted octanol–water partition coefficient (Wildman–Crippen LogP) is 7.58. The smallest absolute Gasteiger partial charge is 0 e. The van der Waals surface area contributed by atoms with E-state index in [4.69, 9.17) is 0 Å². The molecule has 0 saturated heterocycles. The van der Waals surface area contributed by atoms with Crippen molar-refractivity contribution in [1.82, 2.24) is 0 Å². The molecule has 3 heteroatoms. The molecule has 0 N–H and O–H groups in total. The van der Waals surface area contributed by atoms with Gasteiger partial charge < -0.3 is 30.3 Å². The maximum absolute atomic E-state index is 2.45. The zero-order valence-electron chi connectivity index (χ0n) is 18.9. The van der Waals surface area contributed by atoms with Crippen molar-refractivity contribution in [2.75, 3.05) is 0 Å². The Morgan fingerprint density at radius 2 is 1.28 bits per heavy atom. The molecule has 0 aliphatic carbocycles. The Morgan fingerprint density at radius 3 is 1.72 bits per heavy atom. The van der Waals surface area contributed by atoms with Crippen LogP contribution in [-0.2, 0) is 17.1 Å². The minimum atomic E-state index is -0.141. The molecular formula is C26H36FeP2-6. The van der Waals surface area contributed by atoms with Crippen LogP contribution in [0, 0.1) is 0 Å². The van der Waals surface area contributed by atoms with Gasteiger partial charge in [0.1, 0.15) is 0 Å². The van der Waals surface area contributed by atoms with E-state index in [1.165, 1.54) is 10.6 Å². The van der Waals surface area contributed by atoms with Gasteiger partial charge >= 0.3 is 0 Å². The second kappa shape index (κ2) is 11.6. The van der Waals surface area contributed by atoms with Crippen LogP contribution in [0.25, 0.3) is 0 Å². The van der Waals surface area contributed by atoms with E-state index in [0.717, 1.165) is 8.58 Å². The summed E-state index contributed by atoms with van der Waals surface area (Å²) >= 11 is 0. The van der Waals surface area contributed by atoms with Gasteiger partial charge in [-0.05, 0) is 21.3 Å². The van der Waals surface area contributed by atoms with Crippen LogP contribution in [0.2, 0.25) is 0 Å². The SMILES string of the molecule is C[C@H]([c-]1cccc1Pc1ccccc1)P(C(C)(C)C)C(C)(C)C.[Fe].[cH-]1[cH-][cH-][cH-][cH-]1. The molecule has 2 atom stereocenters. The summed E-state index contributed by atoms with van der Waals surface area (Å²) in [6.07, 6.45) is 0. The number of rotatable bonds is 4. The molecule has 0 spiro atoms. The number of hydrogen-bond acceptors (Lipinski definition) is 0. The maximum atomic E-state index is 2.45. The first kappa shape index (κ1) is 26.3. The van der Waals surface area contributed by atoms with Crippen LogP contribution in [0.15, 0.2) is 78.9 Å². The van der Waals surface area contributed by atoms with Gasteiger partial charge in [-0.3, -0.25) is 0 Å². The molecule has 3 rings (SSSR count). The first-order valence-corrected chi connectivity index (χ1v) is 12.6. The Kier molecular flexibility index (Phi) is 10.6. The van der Waals surface area contributed by atoms with Gasteiger partial charge in [0, 0.05) is 17.1 Å². The van der Waals surface area contributed by atoms with Gasteiger partial charge in [0.25, 0.3) is 0 Å². The molecule has 0 aliphatic rings. The van der Waals surface area contributed by atoms with E-state index in [1.807, 2.05) is 30.3 Å². The van der Waals surface area contributed by atoms with Crippen LogP contribution in [0.3, 0.4) is 0 Å². The molecule has 0 radical (unpaired) electrons. The van der Waals surface area contributed by atoms with Gasteiger partial charge in [0.05, 0.1) is 0 Å². The van der Waals surface area contributed by atoms with E-state index in [-0.39, 0.29) is 25.0 Å². The minimum absolute atomic E-state index is 0. The fraction of sp³-hybridized carbons (Fsp3) is 0.385. The molecule has 0 fully saturated rings. The predicted molar refractivity (Wildman–Crippen MR) is 133 cm³/mol. The van der Waals surface area contributed by atoms with E-state index in [9.17, 15) is 0 Å². The molecule has 29 heavy (non-hydrogen) atoms. The van der Waals surface area contributed by atoms with Crippen molar-refractivity contribution in [3.8, 4) is 0 Å². The summed E-state index contributed by atoms with van der Waals surface area (Å²) in [4.78, 5) is 0. The average molecular weight is 466 g/mol. The molecule has 0 bridgehead atoms. The van der Waals surface area contributed by atoms with E-state index in [1.54, 1.807) is 5.56 Å². The molecule has 0 nitrogen and oxygen atoms in total. The number of hydrogen-bond donors (Lipinski definition) is 0. The van der Waals surface area contributed by atoms with Crippen molar-refractivity contribution in [3.63, 3.8) is 0 Å². The zero-order chi connectivity index (χ0) is 20.8. The normalized spacial score (nSPS) is 13.1. The third kappa shape index (κ3) is 8.15. The topological polar surface area (TPSA) is 0 Å². The molecule has 0 amide bonds. The number of benzene rings is 1.